The van der Waals surface area contributed by atoms with E-state index in [0.717, 1.165) is 6.42 Å². The number of nitrogens with one attached hydrogen (secondary N) is 1. The second kappa shape index (κ2) is 5.23. The Balaban J connectivity index is 1.83. The van der Waals surface area contributed by atoms with Crippen LogP contribution in [0, 0.1) is 10.1 Å². The van der Waals surface area contributed by atoms with Crippen LogP contribution in [0.1, 0.15) is 12.8 Å². The highest BCUT2D eigenvalue weighted by atomic mass is 32.2. The summed E-state index contributed by atoms with van der Waals surface area (Å²) in [5.41, 5.74) is 0.699. The maximum absolute atomic E-state index is 11.6. The van der Waals surface area contributed by atoms with E-state index in [1.54, 1.807) is 6.07 Å². The summed E-state index contributed by atoms with van der Waals surface area (Å²) in [7, 11) is -2.98. The molecular weight excluding hydrogens is 314 g/mol. The Bertz CT molecular complexity index is 800. The third-order valence-electron chi connectivity index (χ3n) is 3.37. The van der Waals surface area contributed by atoms with E-state index < -0.39 is 14.8 Å². The van der Waals surface area contributed by atoms with Gasteiger partial charge in [0.2, 0.25) is 0 Å². The fourth-order valence-corrected chi connectivity index (χ4v) is 5.01. The highest BCUT2D eigenvalue weighted by molar-refractivity contribution is 7.91. The second-order valence-electron chi connectivity index (χ2n) is 5.03. The van der Waals surface area contributed by atoms with Crippen LogP contribution >= 0.6 is 11.3 Å². The van der Waals surface area contributed by atoms with E-state index in [-0.39, 0.29) is 23.2 Å². The van der Waals surface area contributed by atoms with Crippen LogP contribution in [0.3, 0.4) is 0 Å². The quantitative estimate of drug-likeness (QED) is 0.685. The predicted molar refractivity (Wildman–Crippen MR) is 81.6 cm³/mol. The lowest BCUT2D eigenvalue weighted by atomic mass is 10.2. The third kappa shape index (κ3) is 3.13. The Labute approximate surface area is 125 Å². The Hall–Kier alpha value is -1.74. The number of nitrogens with zero attached hydrogens (tertiary/aromatic N) is 2. The van der Waals surface area contributed by atoms with E-state index >= 15 is 0 Å². The standard InChI is InChI=1S/C12H13N3O4S2/c16-15(17)9-3-4-10-11(6-9)20-12(14-10)13-8-2-1-5-21(18,19)7-8/h3-4,6,8H,1-2,5,7H2,(H,13,14)/t8-/m0/s1. The molecule has 0 amide bonds. The number of hydrogen-bond acceptors (Lipinski definition) is 7. The number of nitro benzene ring substituents is 1. The molecule has 2 aromatic rings. The molecule has 0 aliphatic carbocycles. The molecule has 1 aliphatic heterocycles. The lowest BCUT2D eigenvalue weighted by Gasteiger charge is -2.22. The van der Waals surface area contributed by atoms with Gasteiger partial charge in [0.15, 0.2) is 15.0 Å². The normalized spacial score (nSPS) is 21.2. The highest BCUT2D eigenvalue weighted by Gasteiger charge is 2.25. The van der Waals surface area contributed by atoms with Crippen LogP contribution in [0.2, 0.25) is 0 Å². The maximum Gasteiger partial charge on any atom is 0.270 e. The van der Waals surface area contributed by atoms with E-state index in [1.165, 1.54) is 23.5 Å². The Kier molecular flexibility index (Phi) is 3.54. The van der Waals surface area contributed by atoms with Gasteiger partial charge in [-0.3, -0.25) is 10.1 Å². The van der Waals surface area contributed by atoms with Gasteiger partial charge in [0, 0.05) is 18.2 Å². The zero-order valence-corrected chi connectivity index (χ0v) is 12.6. The number of thiazole rings is 1. The van der Waals surface area contributed by atoms with Crippen LogP contribution in [-0.4, -0.2) is 35.9 Å². The summed E-state index contributed by atoms with van der Waals surface area (Å²) in [5.74, 6) is 0.361. The molecule has 1 atom stereocenters. The maximum atomic E-state index is 11.6. The highest BCUT2D eigenvalue weighted by Crippen LogP contribution is 2.30. The lowest BCUT2D eigenvalue weighted by molar-refractivity contribution is -0.384. The fourth-order valence-electron chi connectivity index (χ4n) is 2.40. The molecule has 112 valence electrons. The molecule has 1 fully saturated rings. The first-order valence-electron chi connectivity index (χ1n) is 6.45. The Morgan fingerprint density at radius 1 is 1.43 bits per heavy atom. The number of anilines is 1. The molecule has 7 nitrogen and oxygen atoms in total. The van der Waals surface area contributed by atoms with E-state index in [2.05, 4.69) is 10.3 Å². The molecule has 2 heterocycles. The molecule has 1 aliphatic rings. The van der Waals surface area contributed by atoms with Crippen molar-refractivity contribution >= 4 is 42.2 Å². The number of hydrogen-bond donors (Lipinski definition) is 1. The van der Waals surface area contributed by atoms with Crippen molar-refractivity contribution in [1.29, 1.82) is 0 Å². The van der Waals surface area contributed by atoms with Gasteiger partial charge in [-0.25, -0.2) is 13.4 Å². The van der Waals surface area contributed by atoms with Gasteiger partial charge in [-0.05, 0) is 18.9 Å². The third-order valence-corrected chi connectivity index (χ3v) is 6.14. The van der Waals surface area contributed by atoms with E-state index in [4.69, 9.17) is 0 Å². The van der Waals surface area contributed by atoms with Gasteiger partial charge in [-0.15, -0.1) is 0 Å². The number of benzene rings is 1. The monoisotopic (exact) mass is 327 g/mol. The molecule has 1 saturated heterocycles. The molecule has 0 unspecified atom stereocenters. The molecule has 0 radical (unpaired) electrons. The number of non-ortho nitro benzene ring substituents is 1. The largest absolute Gasteiger partial charge is 0.358 e. The van der Waals surface area contributed by atoms with Gasteiger partial charge in [0.25, 0.3) is 5.69 Å². The van der Waals surface area contributed by atoms with Crippen LogP contribution in [0.15, 0.2) is 18.2 Å². The summed E-state index contributed by atoms with van der Waals surface area (Å²) in [6.07, 6.45) is 1.44. The number of sulfone groups is 1. The molecule has 3 rings (SSSR count). The smallest absolute Gasteiger partial charge is 0.270 e. The minimum atomic E-state index is -2.98. The van der Waals surface area contributed by atoms with Gasteiger partial charge >= 0.3 is 0 Å². The number of aromatic nitrogens is 1. The van der Waals surface area contributed by atoms with Crippen molar-refractivity contribution in [3.63, 3.8) is 0 Å². The Morgan fingerprint density at radius 2 is 2.24 bits per heavy atom. The second-order valence-corrected chi connectivity index (χ2v) is 8.29. The molecular formula is C12H13N3O4S2. The van der Waals surface area contributed by atoms with Gasteiger partial charge in [-0.2, -0.15) is 0 Å². The van der Waals surface area contributed by atoms with Crippen molar-refractivity contribution in [2.45, 2.75) is 18.9 Å². The average Bonchev–Trinajstić information content (AvgIpc) is 2.78. The number of rotatable bonds is 3. The van der Waals surface area contributed by atoms with Crippen LogP contribution in [0.4, 0.5) is 10.8 Å². The summed E-state index contributed by atoms with van der Waals surface area (Å²) in [5, 5.41) is 14.5. The van der Waals surface area contributed by atoms with Crippen LogP contribution in [0.25, 0.3) is 10.2 Å². The fraction of sp³-hybridized carbons (Fsp3) is 0.417. The number of fused-ring (bicyclic) bond motifs is 1. The summed E-state index contributed by atoms with van der Waals surface area (Å²) in [6.45, 7) is 0. The van der Waals surface area contributed by atoms with Gasteiger partial charge in [0.05, 0.1) is 26.6 Å². The average molecular weight is 327 g/mol. The molecule has 1 N–H and O–H groups in total. The van der Waals surface area contributed by atoms with Crippen LogP contribution in [-0.2, 0) is 9.84 Å². The van der Waals surface area contributed by atoms with Crippen LogP contribution in [0.5, 0.6) is 0 Å². The van der Waals surface area contributed by atoms with Gasteiger partial charge in [0.1, 0.15) is 0 Å². The molecule has 0 bridgehead atoms. The SMILES string of the molecule is O=[N+]([O-])c1ccc2nc(N[C@H]3CCCS(=O)(=O)C3)sc2c1. The molecule has 0 saturated carbocycles. The molecule has 1 aromatic carbocycles. The number of nitro groups is 1. The van der Waals surface area contributed by atoms with Crippen molar-refractivity contribution in [2.75, 3.05) is 16.8 Å². The lowest BCUT2D eigenvalue weighted by Crippen LogP contribution is -2.34. The molecule has 1 aromatic heterocycles. The van der Waals surface area contributed by atoms with Crippen molar-refractivity contribution < 1.29 is 13.3 Å². The predicted octanol–water partition coefficient (Wildman–Crippen LogP) is 2.19. The summed E-state index contributed by atoms with van der Waals surface area (Å²) in [4.78, 5) is 14.6. The zero-order valence-electron chi connectivity index (χ0n) is 11.0. The first kappa shape index (κ1) is 14.2. The van der Waals surface area contributed by atoms with Gasteiger partial charge < -0.3 is 5.32 Å². The summed E-state index contributed by atoms with van der Waals surface area (Å²) < 4.78 is 23.9. The van der Waals surface area contributed by atoms with Crippen molar-refractivity contribution in [3.8, 4) is 0 Å². The van der Waals surface area contributed by atoms with Crippen molar-refractivity contribution in [1.82, 2.24) is 4.98 Å². The molecule has 9 heteroatoms. The summed E-state index contributed by atoms with van der Waals surface area (Å²) in [6, 6.07) is 4.36. The minimum absolute atomic E-state index is 0.0259. The Morgan fingerprint density at radius 3 is 2.95 bits per heavy atom. The topological polar surface area (TPSA) is 102 Å². The minimum Gasteiger partial charge on any atom is -0.358 e. The van der Waals surface area contributed by atoms with E-state index in [1.807, 2.05) is 0 Å². The van der Waals surface area contributed by atoms with Gasteiger partial charge in [-0.1, -0.05) is 11.3 Å². The van der Waals surface area contributed by atoms with E-state index in [9.17, 15) is 18.5 Å². The van der Waals surface area contributed by atoms with E-state index in [0.29, 0.717) is 21.8 Å². The summed E-state index contributed by atoms with van der Waals surface area (Å²) >= 11 is 1.30. The van der Waals surface area contributed by atoms with Crippen molar-refractivity contribution in [2.24, 2.45) is 0 Å². The molecule has 0 spiro atoms. The van der Waals surface area contributed by atoms with Crippen LogP contribution < -0.4 is 5.32 Å². The van der Waals surface area contributed by atoms with Crippen molar-refractivity contribution in [3.05, 3.63) is 28.3 Å². The first-order valence-corrected chi connectivity index (χ1v) is 9.09. The molecule has 21 heavy (non-hydrogen) atoms. The first-order chi connectivity index (χ1) is 9.93. The zero-order chi connectivity index (χ0) is 15.0.